The van der Waals surface area contributed by atoms with Gasteiger partial charge in [0.1, 0.15) is 0 Å². The Morgan fingerprint density at radius 3 is 2.53 bits per heavy atom. The zero-order valence-corrected chi connectivity index (χ0v) is 10.8. The van der Waals surface area contributed by atoms with Crippen molar-refractivity contribution in [1.82, 2.24) is 5.32 Å². The number of aryl methyl sites for hydroxylation is 2. The lowest BCUT2D eigenvalue weighted by Gasteiger charge is -2.14. The molecular weight excluding hydrogens is 206 g/mol. The van der Waals surface area contributed by atoms with Crippen LogP contribution in [0, 0.1) is 19.8 Å². The minimum atomic E-state index is -0.245. The van der Waals surface area contributed by atoms with Gasteiger partial charge in [0.15, 0.2) is 0 Å². The van der Waals surface area contributed by atoms with Gasteiger partial charge in [0.25, 0.3) is 0 Å². The summed E-state index contributed by atoms with van der Waals surface area (Å²) in [6.45, 7) is 9.88. The lowest BCUT2D eigenvalue weighted by molar-refractivity contribution is 0.123. The maximum atomic E-state index is 9.62. The van der Waals surface area contributed by atoms with Crippen molar-refractivity contribution >= 4 is 11.3 Å². The highest BCUT2D eigenvalue weighted by Gasteiger charge is 2.08. The lowest BCUT2D eigenvalue weighted by atomic mass is 10.1. The standard InChI is InChI=1S/C12H21NOS/c1-8(2)12(14)7-13-6-11-5-9(3)15-10(11)4/h5,8,12-14H,6-7H2,1-4H3. The summed E-state index contributed by atoms with van der Waals surface area (Å²) in [4.78, 5) is 2.73. The van der Waals surface area contributed by atoms with E-state index < -0.39 is 0 Å². The zero-order valence-electron chi connectivity index (χ0n) is 10.0. The molecule has 1 unspecified atom stereocenters. The molecule has 2 N–H and O–H groups in total. The summed E-state index contributed by atoms with van der Waals surface area (Å²) in [6.07, 6.45) is -0.245. The van der Waals surface area contributed by atoms with Gasteiger partial charge in [0.05, 0.1) is 6.10 Å². The molecule has 0 aromatic carbocycles. The number of hydrogen-bond acceptors (Lipinski definition) is 3. The van der Waals surface area contributed by atoms with Crippen molar-refractivity contribution in [2.24, 2.45) is 5.92 Å². The van der Waals surface area contributed by atoms with Crippen LogP contribution in [0.2, 0.25) is 0 Å². The van der Waals surface area contributed by atoms with E-state index in [0.717, 1.165) is 6.54 Å². The van der Waals surface area contributed by atoms with Gasteiger partial charge in [-0.05, 0) is 31.4 Å². The summed E-state index contributed by atoms with van der Waals surface area (Å²) in [5.74, 6) is 0.322. The fourth-order valence-electron chi connectivity index (χ4n) is 1.45. The van der Waals surface area contributed by atoms with Crippen molar-refractivity contribution in [2.45, 2.75) is 40.3 Å². The van der Waals surface area contributed by atoms with Gasteiger partial charge in [0.2, 0.25) is 0 Å². The van der Waals surface area contributed by atoms with Crippen molar-refractivity contribution in [2.75, 3.05) is 6.54 Å². The second-order valence-electron chi connectivity index (χ2n) is 4.38. The number of nitrogens with one attached hydrogen (secondary N) is 1. The molecule has 0 saturated carbocycles. The molecule has 0 aliphatic heterocycles. The van der Waals surface area contributed by atoms with Gasteiger partial charge >= 0.3 is 0 Å². The maximum absolute atomic E-state index is 9.62. The van der Waals surface area contributed by atoms with Gasteiger partial charge < -0.3 is 10.4 Å². The van der Waals surface area contributed by atoms with Crippen LogP contribution in [0.5, 0.6) is 0 Å². The van der Waals surface area contributed by atoms with Gasteiger partial charge in [0, 0.05) is 22.8 Å². The van der Waals surface area contributed by atoms with Gasteiger partial charge in [-0.15, -0.1) is 11.3 Å². The first-order chi connectivity index (χ1) is 7.00. The number of aliphatic hydroxyl groups excluding tert-OH is 1. The normalized spacial score (nSPS) is 13.5. The second-order valence-corrected chi connectivity index (χ2v) is 5.84. The van der Waals surface area contributed by atoms with Gasteiger partial charge in [-0.1, -0.05) is 13.8 Å². The fourth-order valence-corrected chi connectivity index (χ4v) is 2.40. The van der Waals surface area contributed by atoms with E-state index >= 15 is 0 Å². The Bertz CT molecular complexity index is 307. The topological polar surface area (TPSA) is 32.3 Å². The Balaban J connectivity index is 2.35. The van der Waals surface area contributed by atoms with Crippen molar-refractivity contribution in [3.8, 4) is 0 Å². The van der Waals surface area contributed by atoms with Crippen LogP contribution < -0.4 is 5.32 Å². The van der Waals surface area contributed by atoms with Crippen LogP contribution in [-0.4, -0.2) is 17.8 Å². The third kappa shape index (κ3) is 3.93. The Morgan fingerprint density at radius 1 is 1.40 bits per heavy atom. The molecule has 0 bridgehead atoms. The Hall–Kier alpha value is -0.380. The van der Waals surface area contributed by atoms with E-state index in [2.05, 4.69) is 25.2 Å². The molecule has 0 spiro atoms. The molecule has 1 aromatic heterocycles. The highest BCUT2D eigenvalue weighted by atomic mass is 32.1. The zero-order chi connectivity index (χ0) is 11.4. The molecule has 1 heterocycles. The summed E-state index contributed by atoms with van der Waals surface area (Å²) in [7, 11) is 0. The molecule has 0 aliphatic carbocycles. The molecule has 1 atom stereocenters. The molecule has 0 saturated heterocycles. The third-order valence-corrected chi connectivity index (χ3v) is 3.59. The quantitative estimate of drug-likeness (QED) is 0.810. The molecule has 0 amide bonds. The second kappa shape index (κ2) is 5.64. The van der Waals surface area contributed by atoms with Crippen LogP contribution in [0.25, 0.3) is 0 Å². The minimum absolute atomic E-state index is 0.245. The first-order valence-electron chi connectivity index (χ1n) is 5.45. The Labute approximate surface area is 96.3 Å². The highest BCUT2D eigenvalue weighted by Crippen LogP contribution is 2.20. The lowest BCUT2D eigenvalue weighted by Crippen LogP contribution is -2.30. The minimum Gasteiger partial charge on any atom is -0.392 e. The number of thiophene rings is 1. The van der Waals surface area contributed by atoms with Crippen molar-refractivity contribution in [3.05, 3.63) is 21.4 Å². The van der Waals surface area contributed by atoms with E-state index in [0.29, 0.717) is 12.5 Å². The average Bonchev–Trinajstić information content (AvgIpc) is 2.45. The van der Waals surface area contributed by atoms with Gasteiger partial charge in [-0.2, -0.15) is 0 Å². The molecule has 0 aliphatic rings. The number of rotatable bonds is 5. The van der Waals surface area contributed by atoms with Crippen molar-refractivity contribution in [1.29, 1.82) is 0 Å². The van der Waals surface area contributed by atoms with Crippen LogP contribution in [0.4, 0.5) is 0 Å². The predicted molar refractivity (Wildman–Crippen MR) is 66.3 cm³/mol. The average molecular weight is 227 g/mol. The molecule has 0 fully saturated rings. The third-order valence-electron chi connectivity index (χ3n) is 2.58. The van der Waals surface area contributed by atoms with Crippen LogP contribution in [0.1, 0.15) is 29.2 Å². The summed E-state index contributed by atoms with van der Waals surface area (Å²) in [6, 6.07) is 2.22. The van der Waals surface area contributed by atoms with E-state index in [1.807, 2.05) is 25.2 Å². The van der Waals surface area contributed by atoms with E-state index in [4.69, 9.17) is 0 Å². The molecule has 1 rings (SSSR count). The fraction of sp³-hybridized carbons (Fsp3) is 0.667. The summed E-state index contributed by atoms with van der Waals surface area (Å²) >= 11 is 1.83. The van der Waals surface area contributed by atoms with Gasteiger partial charge in [-0.3, -0.25) is 0 Å². The predicted octanol–water partition coefficient (Wildman–Crippen LogP) is 2.47. The first kappa shape index (κ1) is 12.7. The summed E-state index contributed by atoms with van der Waals surface area (Å²) in [5.41, 5.74) is 1.36. The monoisotopic (exact) mass is 227 g/mol. The summed E-state index contributed by atoms with van der Waals surface area (Å²) in [5, 5.41) is 12.9. The molecule has 2 nitrogen and oxygen atoms in total. The highest BCUT2D eigenvalue weighted by molar-refractivity contribution is 7.12. The molecule has 3 heteroatoms. The van der Waals surface area contributed by atoms with E-state index in [1.54, 1.807) is 0 Å². The van der Waals surface area contributed by atoms with E-state index in [1.165, 1.54) is 15.3 Å². The molecule has 15 heavy (non-hydrogen) atoms. The van der Waals surface area contributed by atoms with Crippen LogP contribution in [0.3, 0.4) is 0 Å². The molecule has 0 radical (unpaired) electrons. The van der Waals surface area contributed by atoms with Gasteiger partial charge in [-0.25, -0.2) is 0 Å². The summed E-state index contributed by atoms with van der Waals surface area (Å²) < 4.78 is 0. The van der Waals surface area contributed by atoms with Crippen LogP contribution >= 0.6 is 11.3 Å². The van der Waals surface area contributed by atoms with Crippen LogP contribution in [0.15, 0.2) is 6.07 Å². The number of aliphatic hydroxyl groups is 1. The molecule has 86 valence electrons. The largest absolute Gasteiger partial charge is 0.392 e. The first-order valence-corrected chi connectivity index (χ1v) is 6.27. The Kier molecular flexibility index (Phi) is 4.77. The molecule has 1 aromatic rings. The maximum Gasteiger partial charge on any atom is 0.0687 e. The molecular formula is C12H21NOS. The van der Waals surface area contributed by atoms with Crippen molar-refractivity contribution in [3.63, 3.8) is 0 Å². The van der Waals surface area contributed by atoms with Crippen LogP contribution in [-0.2, 0) is 6.54 Å². The SMILES string of the molecule is Cc1cc(CNCC(O)C(C)C)c(C)s1. The van der Waals surface area contributed by atoms with Crippen molar-refractivity contribution < 1.29 is 5.11 Å². The Morgan fingerprint density at radius 2 is 2.07 bits per heavy atom. The smallest absolute Gasteiger partial charge is 0.0687 e. The van der Waals surface area contributed by atoms with E-state index in [9.17, 15) is 5.11 Å². The number of hydrogen-bond donors (Lipinski definition) is 2. The van der Waals surface area contributed by atoms with E-state index in [-0.39, 0.29) is 6.10 Å².